The van der Waals surface area contributed by atoms with Crippen LogP contribution in [0.25, 0.3) is 20.5 Å². The summed E-state index contributed by atoms with van der Waals surface area (Å²) in [6, 6.07) is 11.9. The maximum Gasteiger partial charge on any atom is 0.417 e. The molecule has 5 heteroatoms. The van der Waals surface area contributed by atoms with Crippen LogP contribution >= 0.6 is 22.9 Å². The third kappa shape index (κ3) is 2.78. The molecule has 1 heterocycles. The van der Waals surface area contributed by atoms with E-state index in [1.54, 1.807) is 6.07 Å². The van der Waals surface area contributed by atoms with Crippen molar-refractivity contribution in [3.63, 3.8) is 0 Å². The summed E-state index contributed by atoms with van der Waals surface area (Å²) in [5, 5.41) is 0.765. The van der Waals surface area contributed by atoms with E-state index in [2.05, 4.69) is 0 Å². The fourth-order valence-corrected chi connectivity index (χ4v) is 3.46. The highest BCUT2D eigenvalue weighted by molar-refractivity contribution is 7.22. The van der Waals surface area contributed by atoms with Gasteiger partial charge in [-0.25, -0.2) is 0 Å². The summed E-state index contributed by atoms with van der Waals surface area (Å²) in [5.74, 6) is 0. The minimum absolute atomic E-state index is 0.275. The maximum atomic E-state index is 12.9. The quantitative estimate of drug-likeness (QED) is 0.475. The van der Waals surface area contributed by atoms with Crippen LogP contribution in [0.4, 0.5) is 13.2 Å². The number of hydrogen-bond acceptors (Lipinski definition) is 1. The average molecular weight is 327 g/mol. The second-order valence-electron chi connectivity index (χ2n) is 4.84. The van der Waals surface area contributed by atoms with Crippen LogP contribution in [0.15, 0.2) is 42.5 Å². The molecular weight excluding hydrogens is 317 g/mol. The number of halogens is 4. The zero-order chi connectivity index (χ0) is 15.2. The maximum absolute atomic E-state index is 12.9. The van der Waals surface area contributed by atoms with Crippen molar-refractivity contribution in [2.24, 2.45) is 0 Å². The van der Waals surface area contributed by atoms with Gasteiger partial charge in [-0.05, 0) is 42.1 Å². The molecule has 0 radical (unpaired) electrons. The van der Waals surface area contributed by atoms with Gasteiger partial charge in [-0.15, -0.1) is 11.3 Å². The highest BCUT2D eigenvalue weighted by atomic mass is 35.5. The standard InChI is InChI=1S/C16H10ClF3S/c1-9-2-5-14-11(6-9)8-15(21-14)10-3-4-13(17)12(7-10)16(18,19)20/h2-8H,1H3. The molecule has 21 heavy (non-hydrogen) atoms. The molecule has 2 aromatic carbocycles. The van der Waals surface area contributed by atoms with Crippen molar-refractivity contribution in [3.05, 3.63) is 58.6 Å². The van der Waals surface area contributed by atoms with Gasteiger partial charge in [0.2, 0.25) is 0 Å². The fourth-order valence-electron chi connectivity index (χ4n) is 2.20. The lowest BCUT2D eigenvalue weighted by Crippen LogP contribution is -2.05. The molecule has 0 spiro atoms. The molecule has 0 aliphatic carbocycles. The van der Waals surface area contributed by atoms with Gasteiger partial charge in [-0.1, -0.05) is 35.4 Å². The third-order valence-electron chi connectivity index (χ3n) is 3.23. The number of thiophene rings is 1. The molecular formula is C16H10ClF3S. The van der Waals surface area contributed by atoms with E-state index in [1.165, 1.54) is 17.4 Å². The van der Waals surface area contributed by atoms with Crippen molar-refractivity contribution in [1.29, 1.82) is 0 Å². The van der Waals surface area contributed by atoms with E-state index in [0.29, 0.717) is 5.56 Å². The first-order valence-corrected chi connectivity index (χ1v) is 7.41. The van der Waals surface area contributed by atoms with Crippen molar-refractivity contribution in [1.82, 2.24) is 0 Å². The van der Waals surface area contributed by atoms with Gasteiger partial charge in [0.15, 0.2) is 0 Å². The zero-order valence-electron chi connectivity index (χ0n) is 11.0. The topological polar surface area (TPSA) is 0 Å². The monoisotopic (exact) mass is 326 g/mol. The van der Waals surface area contributed by atoms with Crippen LogP contribution in [-0.2, 0) is 6.18 Å². The molecule has 0 bridgehead atoms. The summed E-state index contributed by atoms with van der Waals surface area (Å²) in [7, 11) is 0. The van der Waals surface area contributed by atoms with Crippen LogP contribution in [0, 0.1) is 6.92 Å². The Morgan fingerprint density at radius 1 is 1.00 bits per heavy atom. The Hall–Kier alpha value is -1.52. The second kappa shape index (κ2) is 5.04. The number of alkyl halides is 3. The number of benzene rings is 2. The first kappa shape index (κ1) is 14.4. The molecule has 3 rings (SSSR count). The highest BCUT2D eigenvalue weighted by Gasteiger charge is 2.33. The van der Waals surface area contributed by atoms with Crippen molar-refractivity contribution in [2.75, 3.05) is 0 Å². The van der Waals surface area contributed by atoms with E-state index < -0.39 is 11.7 Å². The Balaban J connectivity index is 2.14. The number of hydrogen-bond donors (Lipinski definition) is 0. The van der Waals surface area contributed by atoms with E-state index in [9.17, 15) is 13.2 Å². The molecule has 0 aliphatic rings. The Morgan fingerprint density at radius 3 is 2.48 bits per heavy atom. The molecule has 0 unspecified atom stereocenters. The van der Waals surface area contributed by atoms with Crippen LogP contribution < -0.4 is 0 Å². The SMILES string of the molecule is Cc1ccc2sc(-c3ccc(Cl)c(C(F)(F)F)c3)cc2c1. The zero-order valence-corrected chi connectivity index (χ0v) is 12.5. The van der Waals surface area contributed by atoms with Gasteiger partial charge in [-0.2, -0.15) is 13.2 Å². The van der Waals surface area contributed by atoms with Gasteiger partial charge in [0.1, 0.15) is 0 Å². The Labute approximate surface area is 128 Å². The largest absolute Gasteiger partial charge is 0.417 e. The summed E-state index contributed by atoms with van der Waals surface area (Å²) >= 11 is 7.13. The van der Waals surface area contributed by atoms with Crippen molar-refractivity contribution >= 4 is 33.0 Å². The lowest BCUT2D eigenvalue weighted by atomic mass is 10.1. The van der Waals surface area contributed by atoms with Crippen LogP contribution in [0.2, 0.25) is 5.02 Å². The molecule has 0 saturated carbocycles. The second-order valence-corrected chi connectivity index (χ2v) is 6.34. The van der Waals surface area contributed by atoms with Crippen molar-refractivity contribution in [3.8, 4) is 10.4 Å². The molecule has 0 aliphatic heterocycles. The van der Waals surface area contributed by atoms with Gasteiger partial charge >= 0.3 is 6.18 Å². The molecule has 1 aromatic heterocycles. The van der Waals surface area contributed by atoms with Crippen LogP contribution in [0.1, 0.15) is 11.1 Å². The predicted octanol–water partition coefficient (Wildman–Crippen LogP) is 6.55. The number of rotatable bonds is 1. The summed E-state index contributed by atoms with van der Waals surface area (Å²) in [4.78, 5) is 0.803. The minimum Gasteiger partial charge on any atom is -0.166 e. The molecule has 0 saturated heterocycles. The molecule has 0 N–H and O–H groups in total. The molecule has 0 fully saturated rings. The first-order chi connectivity index (χ1) is 9.84. The van der Waals surface area contributed by atoms with Crippen molar-refractivity contribution in [2.45, 2.75) is 13.1 Å². The molecule has 108 valence electrons. The normalized spacial score (nSPS) is 12.0. The van der Waals surface area contributed by atoms with Gasteiger partial charge in [-0.3, -0.25) is 0 Å². The third-order valence-corrected chi connectivity index (χ3v) is 4.72. The van der Waals surface area contributed by atoms with Crippen LogP contribution in [-0.4, -0.2) is 0 Å². The molecule has 0 atom stereocenters. The first-order valence-electron chi connectivity index (χ1n) is 6.22. The van der Waals surface area contributed by atoms with E-state index in [0.717, 1.165) is 26.6 Å². The predicted molar refractivity (Wildman–Crippen MR) is 82.0 cm³/mol. The Morgan fingerprint density at radius 2 is 1.76 bits per heavy atom. The fraction of sp³-hybridized carbons (Fsp3) is 0.125. The van der Waals surface area contributed by atoms with E-state index >= 15 is 0 Å². The van der Waals surface area contributed by atoms with Crippen molar-refractivity contribution < 1.29 is 13.2 Å². The van der Waals surface area contributed by atoms with Gasteiger partial charge in [0.25, 0.3) is 0 Å². The van der Waals surface area contributed by atoms with E-state index in [4.69, 9.17) is 11.6 Å². The van der Waals surface area contributed by atoms with Gasteiger partial charge in [0, 0.05) is 9.58 Å². The number of aryl methyl sites for hydroxylation is 1. The molecule has 0 nitrogen and oxygen atoms in total. The smallest absolute Gasteiger partial charge is 0.166 e. The van der Waals surface area contributed by atoms with E-state index in [1.807, 2.05) is 31.2 Å². The lowest BCUT2D eigenvalue weighted by Gasteiger charge is -2.10. The summed E-state index contributed by atoms with van der Waals surface area (Å²) in [5.41, 5.74) is 0.861. The highest BCUT2D eigenvalue weighted by Crippen LogP contribution is 2.40. The Bertz CT molecular complexity index is 818. The molecule has 3 aromatic rings. The van der Waals surface area contributed by atoms with Crippen LogP contribution in [0.3, 0.4) is 0 Å². The summed E-state index contributed by atoms with van der Waals surface area (Å²) in [6.45, 7) is 1.99. The van der Waals surface area contributed by atoms with Gasteiger partial charge < -0.3 is 0 Å². The van der Waals surface area contributed by atoms with E-state index in [-0.39, 0.29) is 5.02 Å². The van der Waals surface area contributed by atoms with Gasteiger partial charge in [0.05, 0.1) is 10.6 Å². The van der Waals surface area contributed by atoms with Crippen LogP contribution in [0.5, 0.6) is 0 Å². The lowest BCUT2D eigenvalue weighted by molar-refractivity contribution is -0.137. The Kier molecular flexibility index (Phi) is 3.46. The number of fused-ring (bicyclic) bond motifs is 1. The molecule has 0 amide bonds. The summed E-state index contributed by atoms with van der Waals surface area (Å²) < 4.78 is 39.8. The summed E-state index contributed by atoms with van der Waals surface area (Å²) in [6.07, 6.45) is -4.44. The average Bonchev–Trinajstić information content (AvgIpc) is 2.80. The minimum atomic E-state index is -4.44.